The molecule has 0 amide bonds. The van der Waals surface area contributed by atoms with Crippen LogP contribution in [0.3, 0.4) is 0 Å². The first kappa shape index (κ1) is 15.6. The Morgan fingerprint density at radius 2 is 2.17 bits per heavy atom. The van der Waals surface area contributed by atoms with Crippen LogP contribution in [0.15, 0.2) is 12.2 Å². The minimum atomic E-state index is -1.21. The Balaban J connectivity index is 3.18. The van der Waals surface area contributed by atoms with E-state index in [1.807, 2.05) is 13.8 Å². The van der Waals surface area contributed by atoms with Gasteiger partial charge < -0.3 is 10.5 Å². The van der Waals surface area contributed by atoms with Gasteiger partial charge in [-0.25, -0.2) is 0 Å². The fourth-order valence-electron chi connectivity index (χ4n) is 3.12. The van der Waals surface area contributed by atoms with Crippen LogP contribution in [0.1, 0.15) is 39.5 Å². The number of rotatable bonds is 5. The van der Waals surface area contributed by atoms with Gasteiger partial charge in [-0.2, -0.15) is 0 Å². The molecular formula is C14H27NO2Si. The van der Waals surface area contributed by atoms with Crippen molar-refractivity contribution in [1.29, 1.82) is 0 Å². The first-order valence-corrected chi connectivity index (χ1v) is 9.93. The molecule has 2 unspecified atom stereocenters. The molecule has 1 fully saturated rings. The largest absolute Gasteiger partial charge is 0.376 e. The van der Waals surface area contributed by atoms with Gasteiger partial charge in [0.2, 0.25) is 0 Å². The molecule has 4 heteroatoms. The van der Waals surface area contributed by atoms with Crippen LogP contribution in [0.25, 0.3) is 0 Å². The van der Waals surface area contributed by atoms with Gasteiger partial charge in [0.1, 0.15) is 5.54 Å². The maximum Gasteiger partial charge on any atom is 0.177 e. The molecule has 0 aromatic rings. The number of ketones is 1. The van der Waals surface area contributed by atoms with Crippen molar-refractivity contribution in [3.63, 3.8) is 0 Å². The molecule has 1 heterocycles. The molecule has 1 aliphatic heterocycles. The van der Waals surface area contributed by atoms with E-state index in [1.54, 1.807) is 12.2 Å². The number of carbonyl (C=O) groups excluding carboxylic acids is 1. The number of ether oxygens (including phenoxy) is 1. The fourth-order valence-corrected chi connectivity index (χ4v) is 5.73. The Morgan fingerprint density at radius 1 is 1.50 bits per heavy atom. The predicted molar refractivity (Wildman–Crippen MR) is 78.4 cm³/mol. The Labute approximate surface area is 112 Å². The zero-order chi connectivity index (χ0) is 13.8. The van der Waals surface area contributed by atoms with Crippen LogP contribution < -0.4 is 5.73 Å². The minimum Gasteiger partial charge on any atom is -0.376 e. The van der Waals surface area contributed by atoms with E-state index in [-0.39, 0.29) is 11.0 Å². The summed E-state index contributed by atoms with van der Waals surface area (Å²) in [5.41, 5.74) is 5.70. The highest BCUT2D eigenvalue weighted by atomic mass is 28.3. The lowest BCUT2D eigenvalue weighted by molar-refractivity contribution is -0.133. The van der Waals surface area contributed by atoms with Gasteiger partial charge in [-0.15, -0.1) is 0 Å². The van der Waals surface area contributed by atoms with Crippen molar-refractivity contribution in [1.82, 2.24) is 0 Å². The topological polar surface area (TPSA) is 52.3 Å². The summed E-state index contributed by atoms with van der Waals surface area (Å²) in [6, 6.07) is 0. The molecule has 2 atom stereocenters. The molecule has 1 aliphatic rings. The molecule has 1 saturated heterocycles. The van der Waals surface area contributed by atoms with Crippen LogP contribution in [0, 0.1) is 0 Å². The summed E-state index contributed by atoms with van der Waals surface area (Å²) in [6.45, 7) is 9.08. The van der Waals surface area contributed by atoms with Crippen LogP contribution >= 0.6 is 0 Å². The maximum atomic E-state index is 12.4. The molecule has 0 saturated carbocycles. The van der Waals surface area contributed by atoms with Crippen LogP contribution in [0.4, 0.5) is 0 Å². The Kier molecular flexibility index (Phi) is 5.31. The summed E-state index contributed by atoms with van der Waals surface area (Å²) in [6.07, 6.45) is 7.16. The monoisotopic (exact) mass is 269 g/mol. The number of carbonyl (C=O) groups is 1. The van der Waals surface area contributed by atoms with E-state index in [0.717, 1.165) is 25.9 Å². The molecule has 0 spiro atoms. The number of nitrogens with two attached hydrogens (primary N) is 1. The van der Waals surface area contributed by atoms with E-state index in [9.17, 15) is 4.79 Å². The smallest absolute Gasteiger partial charge is 0.177 e. The molecule has 104 valence electrons. The molecule has 0 radical (unpaired) electrons. The van der Waals surface area contributed by atoms with E-state index in [1.165, 1.54) is 0 Å². The first-order chi connectivity index (χ1) is 8.44. The van der Waals surface area contributed by atoms with E-state index in [0.29, 0.717) is 6.42 Å². The highest BCUT2D eigenvalue weighted by Gasteiger charge is 2.55. The lowest BCUT2D eigenvalue weighted by Gasteiger charge is -2.51. The van der Waals surface area contributed by atoms with Gasteiger partial charge in [-0.05, 0) is 38.7 Å². The Morgan fingerprint density at radius 3 is 2.56 bits per heavy atom. The average molecular weight is 269 g/mol. The van der Waals surface area contributed by atoms with Gasteiger partial charge in [0, 0.05) is 6.61 Å². The van der Waals surface area contributed by atoms with E-state index >= 15 is 0 Å². The highest BCUT2D eigenvalue weighted by molar-refractivity contribution is 6.60. The summed E-state index contributed by atoms with van der Waals surface area (Å²) in [4.78, 5) is 12.4. The normalized spacial score (nSPS) is 28.6. The SMILES string of the molecule is CC=CC(=O)C(N)(CC)C1([SiH](C)C)CCCCO1. The van der Waals surface area contributed by atoms with Crippen LogP contribution in [-0.4, -0.2) is 32.0 Å². The van der Waals surface area contributed by atoms with Crippen molar-refractivity contribution in [2.24, 2.45) is 5.73 Å². The van der Waals surface area contributed by atoms with Crippen LogP contribution in [0.5, 0.6) is 0 Å². The lowest BCUT2D eigenvalue weighted by atomic mass is 9.81. The third-order valence-electron chi connectivity index (χ3n) is 4.31. The van der Waals surface area contributed by atoms with Gasteiger partial charge in [0.25, 0.3) is 0 Å². The van der Waals surface area contributed by atoms with Crippen LogP contribution in [-0.2, 0) is 9.53 Å². The molecule has 3 nitrogen and oxygen atoms in total. The van der Waals surface area contributed by atoms with Gasteiger partial charge >= 0.3 is 0 Å². The summed E-state index contributed by atoms with van der Waals surface area (Å²) in [7, 11) is -1.21. The predicted octanol–water partition coefficient (Wildman–Crippen LogP) is 2.20. The lowest BCUT2D eigenvalue weighted by Crippen LogP contribution is -2.71. The quantitative estimate of drug-likeness (QED) is 0.615. The third-order valence-corrected chi connectivity index (χ3v) is 7.14. The highest BCUT2D eigenvalue weighted by Crippen LogP contribution is 2.38. The summed E-state index contributed by atoms with van der Waals surface area (Å²) >= 11 is 0. The van der Waals surface area contributed by atoms with E-state index < -0.39 is 14.3 Å². The van der Waals surface area contributed by atoms with Gasteiger partial charge in [0.15, 0.2) is 5.78 Å². The maximum absolute atomic E-state index is 12.4. The second-order valence-corrected chi connectivity index (χ2v) is 8.78. The summed E-state index contributed by atoms with van der Waals surface area (Å²) < 4.78 is 6.13. The third kappa shape index (κ3) is 2.46. The zero-order valence-corrected chi connectivity index (χ0v) is 13.3. The van der Waals surface area contributed by atoms with Crippen molar-refractivity contribution in [2.45, 2.75) is 63.4 Å². The Bertz CT molecular complexity index is 322. The molecule has 0 aliphatic carbocycles. The summed E-state index contributed by atoms with van der Waals surface area (Å²) in [5.74, 6) is 0.0237. The zero-order valence-electron chi connectivity index (χ0n) is 12.2. The van der Waals surface area contributed by atoms with Gasteiger partial charge in [0.05, 0.1) is 14.0 Å². The number of allylic oxidation sites excluding steroid dienone is 1. The van der Waals surface area contributed by atoms with Crippen molar-refractivity contribution in [3.8, 4) is 0 Å². The molecular weight excluding hydrogens is 242 g/mol. The molecule has 1 rings (SSSR count). The Hall–Kier alpha value is -0.453. The average Bonchev–Trinajstić information content (AvgIpc) is 2.38. The van der Waals surface area contributed by atoms with Crippen molar-refractivity contribution < 1.29 is 9.53 Å². The molecule has 0 aromatic carbocycles. The van der Waals surface area contributed by atoms with Gasteiger partial charge in [-0.3, -0.25) is 4.79 Å². The van der Waals surface area contributed by atoms with Crippen LogP contribution in [0.2, 0.25) is 13.1 Å². The number of hydrogen-bond acceptors (Lipinski definition) is 3. The fraction of sp³-hybridized carbons (Fsp3) is 0.786. The van der Waals surface area contributed by atoms with Crippen molar-refractivity contribution in [2.75, 3.05) is 6.61 Å². The van der Waals surface area contributed by atoms with Crippen molar-refractivity contribution >= 4 is 14.6 Å². The summed E-state index contributed by atoms with van der Waals surface area (Å²) in [5, 5.41) is -0.378. The second kappa shape index (κ2) is 6.13. The standard InChI is InChI=1S/C14H27NO2Si/c1-5-9-12(16)13(15,6-2)14(18(3)4)10-7-8-11-17-14/h5,9,18H,6-8,10-11,15H2,1-4H3. The van der Waals surface area contributed by atoms with E-state index in [4.69, 9.17) is 10.5 Å². The van der Waals surface area contributed by atoms with Crippen molar-refractivity contribution in [3.05, 3.63) is 12.2 Å². The second-order valence-electron chi connectivity index (χ2n) is 5.54. The van der Waals surface area contributed by atoms with Gasteiger partial charge in [-0.1, -0.05) is 26.1 Å². The van der Waals surface area contributed by atoms with E-state index in [2.05, 4.69) is 13.1 Å². The molecule has 0 bridgehead atoms. The molecule has 2 N–H and O–H groups in total. The first-order valence-electron chi connectivity index (χ1n) is 7.04. The molecule has 18 heavy (non-hydrogen) atoms. The minimum absolute atomic E-state index is 0.0237. The number of hydrogen-bond donors (Lipinski definition) is 1. The molecule has 0 aromatic heterocycles.